The molecule has 1 fully saturated rings. The van der Waals surface area contributed by atoms with Crippen molar-refractivity contribution in [3.05, 3.63) is 12.3 Å². The molecule has 0 N–H and O–H groups in total. The molecule has 0 saturated carbocycles. The highest BCUT2D eigenvalue weighted by Crippen LogP contribution is 2.21. The fraction of sp³-hybridized carbons (Fsp3) is 0.750. The van der Waals surface area contributed by atoms with Crippen LogP contribution in [0.5, 0.6) is 0 Å². The summed E-state index contributed by atoms with van der Waals surface area (Å²) in [4.78, 5) is 2.20. The first-order chi connectivity index (χ1) is 8.96. The molecule has 2 rings (SSSR count). The first-order valence-corrected chi connectivity index (χ1v) is 8.09. The van der Waals surface area contributed by atoms with Crippen LogP contribution in [0.3, 0.4) is 0 Å². The van der Waals surface area contributed by atoms with Crippen molar-refractivity contribution >= 4 is 10.0 Å². The largest absolute Gasteiger partial charge is 0.305 e. The van der Waals surface area contributed by atoms with Crippen molar-refractivity contribution in [3.8, 4) is 0 Å². The minimum Gasteiger partial charge on any atom is -0.305 e. The van der Waals surface area contributed by atoms with Gasteiger partial charge in [0.15, 0.2) is 5.03 Å². The van der Waals surface area contributed by atoms with Gasteiger partial charge in [-0.15, -0.1) is 0 Å². The normalized spacial score (nSPS) is 23.4. The van der Waals surface area contributed by atoms with E-state index in [-0.39, 0.29) is 11.1 Å². The van der Waals surface area contributed by atoms with Gasteiger partial charge in [-0.1, -0.05) is 6.92 Å². The molecule has 0 aliphatic carbocycles. The molecule has 7 heteroatoms. The molecule has 1 saturated heterocycles. The molecule has 0 bridgehead atoms. The van der Waals surface area contributed by atoms with Crippen LogP contribution in [0.15, 0.2) is 17.3 Å². The Morgan fingerprint density at radius 3 is 2.68 bits per heavy atom. The Hall–Kier alpha value is -0.920. The molecule has 2 heterocycles. The van der Waals surface area contributed by atoms with E-state index >= 15 is 0 Å². The maximum atomic E-state index is 12.7. The van der Waals surface area contributed by atoms with Crippen LogP contribution in [0.4, 0.5) is 0 Å². The van der Waals surface area contributed by atoms with Gasteiger partial charge in [0.25, 0.3) is 10.0 Å². The molecule has 1 aliphatic rings. The molecule has 1 aromatic heterocycles. The molecule has 1 unspecified atom stereocenters. The maximum absolute atomic E-state index is 12.7. The van der Waals surface area contributed by atoms with E-state index in [1.165, 1.54) is 10.9 Å². The van der Waals surface area contributed by atoms with Crippen LogP contribution in [0.25, 0.3) is 0 Å². The highest BCUT2D eigenvalue weighted by atomic mass is 32.2. The number of sulfonamides is 1. The van der Waals surface area contributed by atoms with Crippen LogP contribution in [0, 0.1) is 0 Å². The molecule has 1 atom stereocenters. The molecule has 0 aromatic carbocycles. The smallest absolute Gasteiger partial charge is 0.260 e. The second-order valence-electron chi connectivity index (χ2n) is 5.09. The van der Waals surface area contributed by atoms with E-state index in [9.17, 15) is 8.42 Å². The molecule has 0 radical (unpaired) electrons. The summed E-state index contributed by atoms with van der Waals surface area (Å²) in [5.74, 6) is 0. The summed E-state index contributed by atoms with van der Waals surface area (Å²) in [7, 11) is 0.259. The predicted molar refractivity (Wildman–Crippen MR) is 73.3 cm³/mol. The number of aromatic nitrogens is 2. The third kappa shape index (κ3) is 2.82. The Bertz CT molecular complexity index is 526. The van der Waals surface area contributed by atoms with Crippen molar-refractivity contribution in [1.29, 1.82) is 0 Å². The van der Waals surface area contributed by atoms with E-state index in [2.05, 4.69) is 10.00 Å². The van der Waals surface area contributed by atoms with Crippen LogP contribution in [0.2, 0.25) is 0 Å². The van der Waals surface area contributed by atoms with Crippen molar-refractivity contribution in [2.45, 2.75) is 30.8 Å². The van der Waals surface area contributed by atoms with Crippen LogP contribution in [-0.2, 0) is 17.1 Å². The summed E-state index contributed by atoms with van der Waals surface area (Å²) < 4.78 is 28.6. The van der Waals surface area contributed by atoms with Crippen LogP contribution in [-0.4, -0.2) is 60.1 Å². The molecule has 1 aliphatic heterocycles. The first-order valence-electron chi connectivity index (χ1n) is 6.65. The van der Waals surface area contributed by atoms with Gasteiger partial charge in [0, 0.05) is 26.2 Å². The fourth-order valence-electron chi connectivity index (χ4n) is 2.61. The first kappa shape index (κ1) is 14.5. The maximum Gasteiger partial charge on any atom is 0.260 e. The van der Waals surface area contributed by atoms with Crippen LogP contribution >= 0.6 is 0 Å². The second-order valence-corrected chi connectivity index (χ2v) is 6.92. The van der Waals surface area contributed by atoms with E-state index in [1.807, 2.05) is 14.0 Å². The Balaban J connectivity index is 2.35. The van der Waals surface area contributed by atoms with E-state index in [0.717, 1.165) is 25.9 Å². The van der Waals surface area contributed by atoms with Crippen molar-refractivity contribution < 1.29 is 8.42 Å². The van der Waals surface area contributed by atoms with E-state index < -0.39 is 10.0 Å². The minimum atomic E-state index is -3.45. The van der Waals surface area contributed by atoms with Gasteiger partial charge in [-0.2, -0.15) is 9.40 Å². The molecule has 0 amide bonds. The fourth-order valence-corrected chi connectivity index (χ4v) is 4.44. The lowest BCUT2D eigenvalue weighted by Gasteiger charge is -2.29. The Kier molecular flexibility index (Phi) is 4.27. The number of rotatable bonds is 3. The lowest BCUT2D eigenvalue weighted by molar-refractivity contribution is 0.269. The van der Waals surface area contributed by atoms with E-state index in [0.29, 0.717) is 6.54 Å². The van der Waals surface area contributed by atoms with Crippen molar-refractivity contribution in [1.82, 2.24) is 19.0 Å². The summed E-state index contributed by atoms with van der Waals surface area (Å²) in [6.07, 6.45) is 3.21. The molecule has 0 spiro atoms. The molecule has 19 heavy (non-hydrogen) atoms. The van der Waals surface area contributed by atoms with Gasteiger partial charge in [-0.25, -0.2) is 8.42 Å². The quantitative estimate of drug-likeness (QED) is 0.813. The highest BCUT2D eigenvalue weighted by Gasteiger charge is 2.34. The summed E-state index contributed by atoms with van der Waals surface area (Å²) in [6, 6.07) is 1.60. The molecule has 108 valence electrons. The topological polar surface area (TPSA) is 58.4 Å². The average molecular weight is 286 g/mol. The lowest BCUT2D eigenvalue weighted by atomic mass is 10.2. The lowest BCUT2D eigenvalue weighted by Crippen LogP contribution is -2.43. The van der Waals surface area contributed by atoms with Gasteiger partial charge in [-0.3, -0.25) is 4.68 Å². The van der Waals surface area contributed by atoms with Gasteiger partial charge in [0.2, 0.25) is 0 Å². The van der Waals surface area contributed by atoms with Gasteiger partial charge in [-0.05, 0) is 32.5 Å². The van der Waals surface area contributed by atoms with Crippen molar-refractivity contribution in [2.75, 3.05) is 26.7 Å². The number of hydrogen-bond donors (Lipinski definition) is 0. The average Bonchev–Trinajstić information content (AvgIpc) is 2.69. The highest BCUT2D eigenvalue weighted by molar-refractivity contribution is 7.89. The van der Waals surface area contributed by atoms with Gasteiger partial charge in [0.1, 0.15) is 0 Å². The summed E-state index contributed by atoms with van der Waals surface area (Å²) in [5, 5.41) is 4.24. The number of aryl methyl sites for hydroxylation is 1. The van der Waals surface area contributed by atoms with Gasteiger partial charge >= 0.3 is 0 Å². The molecular weight excluding hydrogens is 264 g/mol. The number of hydrogen-bond acceptors (Lipinski definition) is 4. The van der Waals surface area contributed by atoms with Gasteiger partial charge in [0.05, 0.1) is 6.20 Å². The van der Waals surface area contributed by atoms with E-state index in [1.54, 1.807) is 17.4 Å². The molecule has 6 nitrogen and oxygen atoms in total. The Labute approximate surface area is 115 Å². The molecule has 1 aromatic rings. The summed E-state index contributed by atoms with van der Waals surface area (Å²) in [5.41, 5.74) is 0. The van der Waals surface area contributed by atoms with Crippen LogP contribution < -0.4 is 0 Å². The van der Waals surface area contributed by atoms with Gasteiger partial charge < -0.3 is 4.90 Å². The summed E-state index contributed by atoms with van der Waals surface area (Å²) in [6.45, 7) is 4.34. The number of likely N-dealkylation sites (N-methyl/N-ethyl adjacent to an activating group) is 1. The van der Waals surface area contributed by atoms with E-state index in [4.69, 9.17) is 0 Å². The van der Waals surface area contributed by atoms with Crippen molar-refractivity contribution in [3.63, 3.8) is 0 Å². The molecular formula is C12H22N4O2S. The van der Waals surface area contributed by atoms with Crippen molar-refractivity contribution in [2.24, 2.45) is 7.05 Å². The SMILES string of the molecule is CCC1CN(C)CCCN1S(=O)(=O)c1ccnn1C. The second kappa shape index (κ2) is 5.60. The standard InChI is InChI=1S/C12H22N4O2S/c1-4-11-10-14(2)8-5-9-16(11)19(17,18)12-6-7-13-15(12)3/h6-7,11H,4-5,8-10H2,1-3H3. The number of nitrogens with zero attached hydrogens (tertiary/aromatic N) is 4. The Morgan fingerprint density at radius 2 is 2.11 bits per heavy atom. The minimum absolute atomic E-state index is 0.0346. The zero-order valence-electron chi connectivity index (χ0n) is 11.8. The third-order valence-electron chi connectivity index (χ3n) is 3.67. The zero-order valence-corrected chi connectivity index (χ0v) is 12.6. The predicted octanol–water partition coefficient (Wildman–Crippen LogP) is 0.525. The summed E-state index contributed by atoms with van der Waals surface area (Å²) >= 11 is 0. The Morgan fingerprint density at radius 1 is 1.37 bits per heavy atom. The zero-order chi connectivity index (χ0) is 14.0. The third-order valence-corrected chi connectivity index (χ3v) is 5.70. The monoisotopic (exact) mass is 286 g/mol. The van der Waals surface area contributed by atoms with Crippen LogP contribution in [0.1, 0.15) is 19.8 Å².